The van der Waals surface area contributed by atoms with E-state index in [1.54, 1.807) is 7.11 Å². The zero-order chi connectivity index (χ0) is 24.3. The number of methoxy groups -OCH3 is 2. The van der Waals surface area contributed by atoms with Crippen LogP contribution in [0.15, 0.2) is 48.1 Å². The van der Waals surface area contributed by atoms with Crippen LogP contribution in [0.3, 0.4) is 0 Å². The highest BCUT2D eigenvalue weighted by molar-refractivity contribution is 6.03. The van der Waals surface area contributed by atoms with Crippen molar-refractivity contribution in [2.75, 3.05) is 14.2 Å². The number of carbonyl (C=O) groups excluding carboxylic acids is 1. The fraction of sp³-hybridized carbons (Fsp3) is 0.393. The number of Topliss-reactive ketones (excluding diaryl/α,β-unsaturated/α-hetero) is 1. The fourth-order valence-electron chi connectivity index (χ4n) is 4.26. The maximum atomic E-state index is 13.3. The van der Waals surface area contributed by atoms with Crippen molar-refractivity contribution in [3.05, 3.63) is 70.3 Å². The van der Waals surface area contributed by atoms with E-state index in [2.05, 4.69) is 26.5 Å². The van der Waals surface area contributed by atoms with Crippen molar-refractivity contribution in [3.63, 3.8) is 0 Å². The van der Waals surface area contributed by atoms with Crippen LogP contribution in [-0.4, -0.2) is 25.1 Å². The predicted molar refractivity (Wildman–Crippen MR) is 131 cm³/mol. The van der Waals surface area contributed by atoms with Gasteiger partial charge < -0.3 is 19.3 Å². The summed E-state index contributed by atoms with van der Waals surface area (Å²) in [6, 6.07) is 7.25. The number of ether oxygens (including phenoxy) is 3. The van der Waals surface area contributed by atoms with Crippen LogP contribution in [0.4, 0.5) is 0 Å². The molecule has 33 heavy (non-hydrogen) atoms. The van der Waals surface area contributed by atoms with E-state index in [-0.39, 0.29) is 23.9 Å². The third-order valence-electron chi connectivity index (χ3n) is 6.24. The molecule has 5 heteroatoms. The first kappa shape index (κ1) is 24.4. The van der Waals surface area contributed by atoms with E-state index in [0.29, 0.717) is 29.0 Å². The summed E-state index contributed by atoms with van der Waals surface area (Å²) in [4.78, 5) is 13.3. The third-order valence-corrected chi connectivity index (χ3v) is 6.24. The number of rotatable bonds is 8. The van der Waals surface area contributed by atoms with Gasteiger partial charge in [0, 0.05) is 11.6 Å². The van der Waals surface area contributed by atoms with Crippen LogP contribution < -0.4 is 14.2 Å². The SMILES string of the molecule is C=C(C)C(CC=C(C)C)Cc1c(O)cc(OC)c2c1O[C@H](c1ccc(OC)cc1C)CC2=O. The zero-order valence-corrected chi connectivity index (χ0v) is 20.5. The highest BCUT2D eigenvalue weighted by atomic mass is 16.5. The predicted octanol–water partition coefficient (Wildman–Crippen LogP) is 6.52. The van der Waals surface area contributed by atoms with Gasteiger partial charge in [0.05, 0.1) is 20.6 Å². The summed E-state index contributed by atoms with van der Waals surface area (Å²) < 4.78 is 17.2. The van der Waals surface area contributed by atoms with Crippen LogP contribution >= 0.6 is 0 Å². The van der Waals surface area contributed by atoms with E-state index in [9.17, 15) is 9.90 Å². The highest BCUT2D eigenvalue weighted by Gasteiger charge is 2.35. The number of phenolic OH excluding ortho intramolecular Hbond substituents is 1. The highest BCUT2D eigenvalue weighted by Crippen LogP contribution is 2.47. The summed E-state index contributed by atoms with van der Waals surface area (Å²) in [7, 11) is 3.12. The maximum Gasteiger partial charge on any atom is 0.174 e. The van der Waals surface area contributed by atoms with Gasteiger partial charge in [0.1, 0.15) is 34.7 Å². The smallest absolute Gasteiger partial charge is 0.174 e. The molecule has 2 atom stereocenters. The molecule has 1 aliphatic heterocycles. The number of hydrogen-bond acceptors (Lipinski definition) is 5. The van der Waals surface area contributed by atoms with Gasteiger partial charge in [-0.2, -0.15) is 0 Å². The minimum Gasteiger partial charge on any atom is -0.507 e. The number of carbonyl (C=O) groups is 1. The molecule has 5 nitrogen and oxygen atoms in total. The van der Waals surface area contributed by atoms with Gasteiger partial charge in [0.2, 0.25) is 0 Å². The topological polar surface area (TPSA) is 65.0 Å². The summed E-state index contributed by atoms with van der Waals surface area (Å²) >= 11 is 0. The van der Waals surface area contributed by atoms with E-state index in [1.807, 2.05) is 32.0 Å². The first-order valence-corrected chi connectivity index (χ1v) is 11.2. The van der Waals surface area contributed by atoms with Gasteiger partial charge >= 0.3 is 0 Å². The van der Waals surface area contributed by atoms with Crippen molar-refractivity contribution in [2.45, 2.75) is 53.1 Å². The van der Waals surface area contributed by atoms with Crippen LogP contribution in [-0.2, 0) is 6.42 Å². The second-order valence-corrected chi connectivity index (χ2v) is 9.00. The molecule has 0 radical (unpaired) electrons. The normalized spacial score (nSPS) is 15.8. The van der Waals surface area contributed by atoms with Crippen molar-refractivity contribution in [2.24, 2.45) is 5.92 Å². The van der Waals surface area contributed by atoms with Gasteiger partial charge in [-0.05, 0) is 69.7 Å². The molecule has 0 amide bonds. The fourth-order valence-corrected chi connectivity index (χ4v) is 4.26. The van der Waals surface area contributed by atoms with Gasteiger partial charge in [-0.1, -0.05) is 29.9 Å². The van der Waals surface area contributed by atoms with Gasteiger partial charge in [-0.25, -0.2) is 0 Å². The number of allylic oxidation sites excluding steroid dienone is 3. The Bertz CT molecular complexity index is 1090. The molecule has 1 heterocycles. The Balaban J connectivity index is 2.08. The van der Waals surface area contributed by atoms with Gasteiger partial charge in [-0.3, -0.25) is 4.79 Å². The van der Waals surface area contributed by atoms with Crippen molar-refractivity contribution in [1.82, 2.24) is 0 Å². The Labute approximate surface area is 196 Å². The summed E-state index contributed by atoms with van der Waals surface area (Å²) in [5.41, 5.74) is 5.15. The lowest BCUT2D eigenvalue weighted by molar-refractivity contribution is 0.0840. The number of ketones is 1. The Morgan fingerprint density at radius 2 is 1.97 bits per heavy atom. The minimum absolute atomic E-state index is 0.0638. The molecule has 0 spiro atoms. The average molecular weight is 451 g/mol. The molecule has 1 unspecified atom stereocenters. The lowest BCUT2D eigenvalue weighted by Crippen LogP contribution is -2.23. The number of fused-ring (bicyclic) bond motifs is 1. The lowest BCUT2D eigenvalue weighted by atomic mass is 9.86. The third kappa shape index (κ3) is 5.24. The quantitative estimate of drug-likeness (QED) is 0.464. The van der Waals surface area contributed by atoms with Gasteiger partial charge in [0.25, 0.3) is 0 Å². The zero-order valence-electron chi connectivity index (χ0n) is 20.5. The largest absolute Gasteiger partial charge is 0.507 e. The molecule has 0 bridgehead atoms. The van der Waals surface area contributed by atoms with Crippen LogP contribution in [0.25, 0.3) is 0 Å². The van der Waals surface area contributed by atoms with Gasteiger partial charge in [-0.15, -0.1) is 0 Å². The molecule has 176 valence electrons. The minimum atomic E-state index is -0.456. The molecule has 2 aromatic carbocycles. The van der Waals surface area contributed by atoms with E-state index >= 15 is 0 Å². The van der Waals surface area contributed by atoms with Crippen LogP contribution in [0.2, 0.25) is 0 Å². The number of hydrogen-bond donors (Lipinski definition) is 1. The monoisotopic (exact) mass is 450 g/mol. The molecule has 0 aromatic heterocycles. The number of benzene rings is 2. The molecule has 1 aliphatic rings. The molecule has 0 saturated heterocycles. The van der Waals surface area contributed by atoms with Crippen molar-refractivity contribution < 1.29 is 24.1 Å². The Kier molecular flexibility index (Phi) is 7.52. The second-order valence-electron chi connectivity index (χ2n) is 9.00. The first-order chi connectivity index (χ1) is 15.7. The molecule has 3 rings (SSSR count). The van der Waals surface area contributed by atoms with Crippen LogP contribution in [0.1, 0.15) is 66.8 Å². The molecular weight excluding hydrogens is 416 g/mol. The van der Waals surface area contributed by atoms with Crippen molar-refractivity contribution in [3.8, 4) is 23.0 Å². The molecule has 1 N–H and O–H groups in total. The molecular formula is C28H34O5. The average Bonchev–Trinajstić information content (AvgIpc) is 2.76. The van der Waals surface area contributed by atoms with Crippen molar-refractivity contribution >= 4 is 5.78 Å². The molecule has 2 aromatic rings. The van der Waals surface area contributed by atoms with E-state index < -0.39 is 6.10 Å². The van der Waals surface area contributed by atoms with Gasteiger partial charge in [0.15, 0.2) is 5.78 Å². The Morgan fingerprint density at radius 1 is 1.24 bits per heavy atom. The molecule has 0 aliphatic carbocycles. The van der Waals surface area contributed by atoms with Crippen LogP contribution in [0, 0.1) is 12.8 Å². The molecule has 0 saturated carbocycles. The lowest BCUT2D eigenvalue weighted by Gasteiger charge is -2.30. The number of phenols is 1. The summed E-state index contributed by atoms with van der Waals surface area (Å²) in [5, 5.41) is 10.9. The van der Waals surface area contributed by atoms with E-state index in [4.69, 9.17) is 14.2 Å². The second kappa shape index (κ2) is 10.2. The van der Waals surface area contributed by atoms with E-state index in [1.165, 1.54) is 18.7 Å². The van der Waals surface area contributed by atoms with Crippen molar-refractivity contribution in [1.29, 1.82) is 0 Å². The first-order valence-electron chi connectivity index (χ1n) is 11.2. The standard InChI is InChI=1S/C28H34O5/c1-16(2)8-9-19(17(3)4)13-22-23(29)14-26(32-7)27-24(30)15-25(33-28(22)27)21-11-10-20(31-6)12-18(21)5/h8,10-12,14,19,25,29H,3,9,13,15H2,1-2,4-7H3/t19?,25-/m0/s1. The summed E-state index contributed by atoms with van der Waals surface area (Å²) in [5.74, 6) is 1.59. The number of aryl methyl sites for hydroxylation is 1. The van der Waals surface area contributed by atoms with Crippen LogP contribution in [0.5, 0.6) is 23.0 Å². The number of aromatic hydroxyl groups is 1. The molecule has 0 fully saturated rings. The Hall–Kier alpha value is -3.21. The summed E-state index contributed by atoms with van der Waals surface area (Å²) in [6.07, 6.45) is 3.22. The Morgan fingerprint density at radius 3 is 2.55 bits per heavy atom. The summed E-state index contributed by atoms with van der Waals surface area (Å²) in [6.45, 7) is 12.2. The van der Waals surface area contributed by atoms with E-state index in [0.717, 1.165) is 28.9 Å². The maximum absolute atomic E-state index is 13.3.